The van der Waals surface area contributed by atoms with E-state index in [1.165, 1.54) is 5.56 Å². The van der Waals surface area contributed by atoms with Gasteiger partial charge in [0.15, 0.2) is 5.96 Å². The molecule has 0 aliphatic heterocycles. The number of nitrogens with one attached hydrogen (secondary N) is 2. The summed E-state index contributed by atoms with van der Waals surface area (Å²) in [6, 6.07) is 18.3. The monoisotopic (exact) mass is 341 g/mol. The molecule has 2 N–H and O–H groups in total. The molecule has 0 aromatic heterocycles. The summed E-state index contributed by atoms with van der Waals surface area (Å²) in [6.45, 7) is 5.34. The SMILES string of the molecule is CCNC(=NCc1cccc(OCCOC)c1)NCc1ccccc1. The van der Waals surface area contributed by atoms with E-state index in [2.05, 4.69) is 34.7 Å². The van der Waals surface area contributed by atoms with E-state index in [9.17, 15) is 0 Å². The van der Waals surface area contributed by atoms with E-state index in [-0.39, 0.29) is 0 Å². The fraction of sp³-hybridized carbons (Fsp3) is 0.350. The summed E-state index contributed by atoms with van der Waals surface area (Å²) in [4.78, 5) is 4.65. The normalized spacial score (nSPS) is 11.2. The molecule has 2 rings (SSSR count). The fourth-order valence-electron chi connectivity index (χ4n) is 2.27. The zero-order chi connectivity index (χ0) is 17.7. The average Bonchev–Trinajstić information content (AvgIpc) is 2.65. The lowest BCUT2D eigenvalue weighted by atomic mass is 10.2. The number of hydrogen-bond acceptors (Lipinski definition) is 3. The van der Waals surface area contributed by atoms with E-state index in [1.807, 2.05) is 42.5 Å². The Morgan fingerprint density at radius 2 is 1.76 bits per heavy atom. The Kier molecular flexibility index (Phi) is 8.35. The molecule has 0 aliphatic rings. The topological polar surface area (TPSA) is 54.9 Å². The fourth-order valence-corrected chi connectivity index (χ4v) is 2.27. The Labute approximate surface area is 150 Å². The summed E-state index contributed by atoms with van der Waals surface area (Å²) >= 11 is 0. The van der Waals surface area contributed by atoms with Crippen LogP contribution in [0.15, 0.2) is 59.6 Å². The molecule has 5 nitrogen and oxygen atoms in total. The van der Waals surface area contributed by atoms with Gasteiger partial charge in [0.2, 0.25) is 0 Å². The van der Waals surface area contributed by atoms with Gasteiger partial charge in [-0.1, -0.05) is 42.5 Å². The van der Waals surface area contributed by atoms with Crippen molar-refractivity contribution in [2.24, 2.45) is 4.99 Å². The molecule has 5 heteroatoms. The molecule has 0 bridgehead atoms. The first-order valence-corrected chi connectivity index (χ1v) is 8.58. The van der Waals surface area contributed by atoms with Gasteiger partial charge in [0.05, 0.1) is 13.2 Å². The molecule has 0 aliphatic carbocycles. The summed E-state index contributed by atoms with van der Waals surface area (Å²) in [5.41, 5.74) is 2.33. The summed E-state index contributed by atoms with van der Waals surface area (Å²) in [6.07, 6.45) is 0. The van der Waals surface area contributed by atoms with Gasteiger partial charge in [-0.3, -0.25) is 0 Å². The third kappa shape index (κ3) is 7.27. The Morgan fingerprint density at radius 3 is 2.52 bits per heavy atom. The van der Waals surface area contributed by atoms with Crippen molar-refractivity contribution in [3.8, 4) is 5.75 Å². The van der Waals surface area contributed by atoms with Gasteiger partial charge in [0, 0.05) is 20.2 Å². The number of nitrogens with zero attached hydrogens (tertiary/aromatic N) is 1. The summed E-state index contributed by atoms with van der Waals surface area (Å²) in [5.74, 6) is 1.64. The maximum Gasteiger partial charge on any atom is 0.191 e. The lowest BCUT2D eigenvalue weighted by Crippen LogP contribution is -2.36. The van der Waals surface area contributed by atoms with Crippen LogP contribution in [0.5, 0.6) is 5.75 Å². The number of guanidine groups is 1. The van der Waals surface area contributed by atoms with Gasteiger partial charge in [0.25, 0.3) is 0 Å². The number of methoxy groups -OCH3 is 1. The van der Waals surface area contributed by atoms with Crippen molar-refractivity contribution in [1.82, 2.24) is 10.6 Å². The molecular weight excluding hydrogens is 314 g/mol. The third-order valence-corrected chi connectivity index (χ3v) is 3.52. The van der Waals surface area contributed by atoms with Crippen molar-refractivity contribution in [1.29, 1.82) is 0 Å². The highest BCUT2D eigenvalue weighted by Gasteiger charge is 2.00. The van der Waals surface area contributed by atoms with E-state index in [1.54, 1.807) is 7.11 Å². The number of hydrogen-bond donors (Lipinski definition) is 2. The molecule has 25 heavy (non-hydrogen) atoms. The Morgan fingerprint density at radius 1 is 0.960 bits per heavy atom. The molecule has 0 fully saturated rings. The lowest BCUT2D eigenvalue weighted by molar-refractivity contribution is 0.146. The van der Waals surface area contributed by atoms with Crippen LogP contribution >= 0.6 is 0 Å². The molecule has 0 saturated carbocycles. The second kappa shape index (κ2) is 11.1. The second-order valence-corrected chi connectivity index (χ2v) is 5.52. The zero-order valence-corrected chi connectivity index (χ0v) is 15.0. The Hall–Kier alpha value is -2.53. The number of ether oxygens (including phenoxy) is 2. The molecule has 134 valence electrons. The smallest absolute Gasteiger partial charge is 0.191 e. The molecule has 2 aromatic rings. The molecule has 0 amide bonds. The van der Waals surface area contributed by atoms with Crippen molar-refractivity contribution in [3.63, 3.8) is 0 Å². The summed E-state index contributed by atoms with van der Waals surface area (Å²) in [7, 11) is 1.67. The van der Waals surface area contributed by atoms with Crippen molar-refractivity contribution in [3.05, 3.63) is 65.7 Å². The minimum absolute atomic E-state index is 0.546. The van der Waals surface area contributed by atoms with Gasteiger partial charge in [0.1, 0.15) is 12.4 Å². The second-order valence-electron chi connectivity index (χ2n) is 5.52. The van der Waals surface area contributed by atoms with E-state index >= 15 is 0 Å². The van der Waals surface area contributed by atoms with Gasteiger partial charge in [-0.15, -0.1) is 0 Å². The molecule has 0 unspecified atom stereocenters. The van der Waals surface area contributed by atoms with Crippen LogP contribution in [-0.2, 0) is 17.8 Å². The van der Waals surface area contributed by atoms with Crippen LogP contribution in [0.2, 0.25) is 0 Å². The summed E-state index contributed by atoms with van der Waals surface area (Å²) < 4.78 is 10.6. The number of benzene rings is 2. The minimum Gasteiger partial charge on any atom is -0.491 e. The van der Waals surface area contributed by atoms with Gasteiger partial charge in [-0.2, -0.15) is 0 Å². The van der Waals surface area contributed by atoms with Crippen molar-refractivity contribution < 1.29 is 9.47 Å². The molecule has 0 atom stereocenters. The quantitative estimate of drug-likeness (QED) is 0.418. The molecule has 0 radical (unpaired) electrons. The maximum absolute atomic E-state index is 5.64. The van der Waals surface area contributed by atoms with Crippen LogP contribution in [0, 0.1) is 0 Å². The minimum atomic E-state index is 0.546. The molecular formula is C20H27N3O2. The van der Waals surface area contributed by atoms with Crippen molar-refractivity contribution >= 4 is 5.96 Å². The maximum atomic E-state index is 5.64. The van der Waals surface area contributed by atoms with Crippen LogP contribution < -0.4 is 15.4 Å². The molecule has 0 saturated heterocycles. The number of aliphatic imine (C=N–C) groups is 1. The third-order valence-electron chi connectivity index (χ3n) is 3.52. The van der Waals surface area contributed by atoms with E-state index in [0.717, 1.165) is 30.4 Å². The first-order chi connectivity index (χ1) is 12.3. The van der Waals surface area contributed by atoms with Crippen LogP contribution in [-0.4, -0.2) is 32.8 Å². The van der Waals surface area contributed by atoms with Crippen molar-refractivity contribution in [2.45, 2.75) is 20.0 Å². The Balaban J connectivity index is 1.92. The predicted octanol–water partition coefficient (Wildman–Crippen LogP) is 2.97. The highest BCUT2D eigenvalue weighted by molar-refractivity contribution is 5.79. The van der Waals surface area contributed by atoms with E-state index < -0.39 is 0 Å². The highest BCUT2D eigenvalue weighted by Crippen LogP contribution is 2.14. The van der Waals surface area contributed by atoms with E-state index in [0.29, 0.717) is 19.8 Å². The largest absolute Gasteiger partial charge is 0.491 e. The highest BCUT2D eigenvalue weighted by atomic mass is 16.5. The van der Waals surface area contributed by atoms with Gasteiger partial charge in [-0.25, -0.2) is 4.99 Å². The van der Waals surface area contributed by atoms with Crippen LogP contribution in [0.4, 0.5) is 0 Å². The van der Waals surface area contributed by atoms with Gasteiger partial charge < -0.3 is 20.1 Å². The van der Waals surface area contributed by atoms with E-state index in [4.69, 9.17) is 9.47 Å². The van der Waals surface area contributed by atoms with Crippen LogP contribution in [0.3, 0.4) is 0 Å². The van der Waals surface area contributed by atoms with Crippen LogP contribution in [0.1, 0.15) is 18.1 Å². The van der Waals surface area contributed by atoms with Gasteiger partial charge in [-0.05, 0) is 30.2 Å². The zero-order valence-electron chi connectivity index (χ0n) is 15.0. The van der Waals surface area contributed by atoms with Crippen molar-refractivity contribution in [2.75, 3.05) is 26.9 Å². The molecule has 0 heterocycles. The molecule has 2 aromatic carbocycles. The Bertz CT molecular complexity index is 644. The number of rotatable bonds is 9. The average molecular weight is 341 g/mol. The first kappa shape index (κ1) is 18.8. The van der Waals surface area contributed by atoms with Crippen LogP contribution in [0.25, 0.3) is 0 Å². The summed E-state index contributed by atoms with van der Waals surface area (Å²) in [5, 5.41) is 6.63. The molecule has 0 spiro atoms. The predicted molar refractivity (Wildman–Crippen MR) is 102 cm³/mol. The first-order valence-electron chi connectivity index (χ1n) is 8.58. The standard InChI is InChI=1S/C20H27N3O2/c1-3-21-20(22-15-17-8-5-4-6-9-17)23-16-18-10-7-11-19(14-18)25-13-12-24-2/h4-11,14H,3,12-13,15-16H2,1-2H3,(H2,21,22,23). The van der Waals surface area contributed by atoms with Gasteiger partial charge >= 0.3 is 0 Å². The lowest BCUT2D eigenvalue weighted by Gasteiger charge is -2.12.